The Morgan fingerprint density at radius 1 is 1.53 bits per heavy atom. The highest BCUT2D eigenvalue weighted by Gasteiger charge is 2.26. The smallest absolute Gasteiger partial charge is 0.273 e. The van der Waals surface area contributed by atoms with E-state index in [1.807, 2.05) is 6.92 Å². The predicted octanol–water partition coefficient (Wildman–Crippen LogP) is 0.0358. The zero-order valence-electron chi connectivity index (χ0n) is 10.7. The zero-order chi connectivity index (χ0) is 13.8. The van der Waals surface area contributed by atoms with Crippen LogP contribution >= 0.6 is 11.3 Å². The molecule has 1 aromatic rings. The Labute approximate surface area is 115 Å². The van der Waals surface area contributed by atoms with Crippen molar-refractivity contribution in [2.45, 2.75) is 13.0 Å². The summed E-state index contributed by atoms with van der Waals surface area (Å²) in [4.78, 5) is 20.0. The number of rotatable bonds is 3. The van der Waals surface area contributed by atoms with Gasteiger partial charge in [-0.3, -0.25) is 9.69 Å². The van der Waals surface area contributed by atoms with E-state index in [4.69, 9.17) is 10.9 Å². The molecule has 8 heteroatoms. The van der Waals surface area contributed by atoms with Crippen LogP contribution in [0.5, 0.6) is 0 Å². The summed E-state index contributed by atoms with van der Waals surface area (Å²) < 4.78 is 0. The molecule has 0 aromatic carbocycles. The van der Waals surface area contributed by atoms with Crippen molar-refractivity contribution >= 4 is 23.1 Å². The molecule has 1 aliphatic heterocycles. The molecule has 2 rings (SSSR count). The summed E-state index contributed by atoms with van der Waals surface area (Å²) in [7, 11) is 0. The van der Waals surface area contributed by atoms with Crippen LogP contribution in [-0.2, 0) is 0 Å². The van der Waals surface area contributed by atoms with Gasteiger partial charge in [-0.25, -0.2) is 4.98 Å². The molecule has 0 radical (unpaired) electrons. The quantitative estimate of drug-likeness (QED) is 0.353. The summed E-state index contributed by atoms with van der Waals surface area (Å²) in [6.07, 6.45) is 0. The van der Waals surface area contributed by atoms with Crippen LogP contribution in [0.15, 0.2) is 16.0 Å². The second kappa shape index (κ2) is 5.98. The van der Waals surface area contributed by atoms with E-state index >= 15 is 0 Å². The molecule has 1 amide bonds. The predicted molar refractivity (Wildman–Crippen MR) is 72.5 cm³/mol. The lowest BCUT2D eigenvalue weighted by Gasteiger charge is -2.37. The van der Waals surface area contributed by atoms with Gasteiger partial charge < -0.3 is 15.8 Å². The van der Waals surface area contributed by atoms with Gasteiger partial charge in [0.2, 0.25) is 0 Å². The Hall–Kier alpha value is -1.67. The molecule has 0 aliphatic carbocycles. The van der Waals surface area contributed by atoms with E-state index in [9.17, 15) is 4.79 Å². The number of nitrogens with two attached hydrogens (primary N) is 1. The minimum absolute atomic E-state index is 0.0302. The minimum atomic E-state index is -0.124. The summed E-state index contributed by atoms with van der Waals surface area (Å²) in [5, 5.41) is 13.4. The number of aromatic nitrogens is 1. The topological polar surface area (TPSA) is 95.0 Å². The molecular weight excluding hydrogens is 266 g/mol. The Balaban J connectivity index is 1.91. The first-order valence-electron chi connectivity index (χ1n) is 6.02. The number of carbonyl (C=O) groups excluding carboxylic acids is 1. The Bertz CT molecular complexity index is 454. The molecule has 3 N–H and O–H groups in total. The lowest BCUT2D eigenvalue weighted by molar-refractivity contribution is 0.0614. The van der Waals surface area contributed by atoms with E-state index in [-0.39, 0.29) is 17.8 Å². The molecule has 2 heterocycles. The fourth-order valence-corrected chi connectivity index (χ4v) is 2.59. The maximum atomic E-state index is 12.1. The first kappa shape index (κ1) is 13.8. The Morgan fingerprint density at radius 2 is 2.21 bits per heavy atom. The molecule has 0 saturated carbocycles. The summed E-state index contributed by atoms with van der Waals surface area (Å²) in [6, 6.07) is -0.124. The van der Waals surface area contributed by atoms with Crippen molar-refractivity contribution < 1.29 is 10.0 Å². The van der Waals surface area contributed by atoms with E-state index in [0.29, 0.717) is 31.9 Å². The maximum absolute atomic E-state index is 12.1. The highest BCUT2D eigenvalue weighted by Crippen LogP contribution is 2.11. The Morgan fingerprint density at radius 3 is 2.74 bits per heavy atom. The average molecular weight is 283 g/mol. The normalized spacial score (nSPS) is 19.4. The average Bonchev–Trinajstić information content (AvgIpc) is 2.99. The molecule has 1 aromatic heterocycles. The van der Waals surface area contributed by atoms with Crippen LogP contribution < -0.4 is 5.73 Å². The third kappa shape index (κ3) is 3.02. The van der Waals surface area contributed by atoms with Crippen LogP contribution in [0.1, 0.15) is 17.4 Å². The van der Waals surface area contributed by atoms with Gasteiger partial charge in [0.1, 0.15) is 5.69 Å². The van der Waals surface area contributed by atoms with Crippen molar-refractivity contribution in [2.75, 3.05) is 26.2 Å². The molecule has 1 atom stereocenters. The van der Waals surface area contributed by atoms with Crippen LogP contribution in [0, 0.1) is 0 Å². The molecule has 0 spiro atoms. The van der Waals surface area contributed by atoms with Crippen LogP contribution in [0.3, 0.4) is 0 Å². The van der Waals surface area contributed by atoms with E-state index in [1.165, 1.54) is 11.3 Å². The molecule has 104 valence electrons. The second-order valence-electron chi connectivity index (χ2n) is 4.40. The zero-order valence-corrected chi connectivity index (χ0v) is 11.5. The summed E-state index contributed by atoms with van der Waals surface area (Å²) in [6.45, 7) is 4.53. The van der Waals surface area contributed by atoms with E-state index in [1.54, 1.807) is 15.8 Å². The van der Waals surface area contributed by atoms with Gasteiger partial charge in [0.15, 0.2) is 5.84 Å². The largest absolute Gasteiger partial charge is 0.409 e. The van der Waals surface area contributed by atoms with Crippen molar-refractivity contribution in [3.8, 4) is 0 Å². The first-order chi connectivity index (χ1) is 9.13. The lowest BCUT2D eigenvalue weighted by atomic mass is 10.2. The third-order valence-electron chi connectivity index (χ3n) is 3.34. The monoisotopic (exact) mass is 283 g/mol. The molecule has 1 unspecified atom stereocenters. The number of carbonyl (C=O) groups is 1. The maximum Gasteiger partial charge on any atom is 0.273 e. The molecule has 0 bridgehead atoms. The molecule has 19 heavy (non-hydrogen) atoms. The fraction of sp³-hybridized carbons (Fsp3) is 0.545. The number of hydrogen-bond donors (Lipinski definition) is 2. The number of hydrogen-bond acceptors (Lipinski definition) is 6. The van der Waals surface area contributed by atoms with Gasteiger partial charge in [-0.15, -0.1) is 11.3 Å². The number of nitrogens with zero attached hydrogens (tertiary/aromatic N) is 4. The minimum Gasteiger partial charge on any atom is -0.409 e. The Kier molecular flexibility index (Phi) is 4.33. The molecule has 1 fully saturated rings. The number of thiazole rings is 1. The molecule has 7 nitrogen and oxygen atoms in total. The van der Waals surface area contributed by atoms with Crippen molar-refractivity contribution in [3.05, 3.63) is 16.6 Å². The first-order valence-corrected chi connectivity index (χ1v) is 6.96. The van der Waals surface area contributed by atoms with E-state index in [2.05, 4.69) is 15.0 Å². The van der Waals surface area contributed by atoms with Crippen LogP contribution in [-0.4, -0.2) is 64.0 Å². The van der Waals surface area contributed by atoms with Gasteiger partial charge in [-0.2, -0.15) is 0 Å². The van der Waals surface area contributed by atoms with Crippen molar-refractivity contribution in [3.63, 3.8) is 0 Å². The van der Waals surface area contributed by atoms with Crippen LogP contribution in [0.4, 0.5) is 0 Å². The van der Waals surface area contributed by atoms with Gasteiger partial charge >= 0.3 is 0 Å². The molecule has 1 saturated heterocycles. The standard InChI is InChI=1S/C11H17N5O2S/c1-8(10(12)14-18)15-2-4-16(5-3-15)11(17)9-6-19-7-13-9/h6-8,18H,2-5H2,1H3,(H2,12,14). The third-order valence-corrected chi connectivity index (χ3v) is 3.93. The number of amides is 1. The summed E-state index contributed by atoms with van der Waals surface area (Å²) >= 11 is 1.42. The van der Waals surface area contributed by atoms with Gasteiger partial charge in [0.25, 0.3) is 5.91 Å². The highest BCUT2D eigenvalue weighted by molar-refractivity contribution is 7.07. The molecular formula is C11H17N5O2S. The fourth-order valence-electron chi connectivity index (χ4n) is 2.06. The lowest BCUT2D eigenvalue weighted by Crippen LogP contribution is -2.54. The van der Waals surface area contributed by atoms with Crippen molar-refractivity contribution in [1.82, 2.24) is 14.8 Å². The van der Waals surface area contributed by atoms with Gasteiger partial charge in [-0.1, -0.05) is 5.16 Å². The van der Waals surface area contributed by atoms with Crippen LogP contribution in [0.25, 0.3) is 0 Å². The van der Waals surface area contributed by atoms with E-state index in [0.717, 1.165) is 0 Å². The number of piperazine rings is 1. The highest BCUT2D eigenvalue weighted by atomic mass is 32.1. The van der Waals surface area contributed by atoms with Gasteiger partial charge in [0, 0.05) is 31.6 Å². The second-order valence-corrected chi connectivity index (χ2v) is 5.12. The van der Waals surface area contributed by atoms with Gasteiger partial charge in [-0.05, 0) is 6.92 Å². The van der Waals surface area contributed by atoms with Crippen molar-refractivity contribution in [1.29, 1.82) is 0 Å². The number of amidine groups is 1. The molecule has 1 aliphatic rings. The van der Waals surface area contributed by atoms with Crippen molar-refractivity contribution in [2.24, 2.45) is 10.9 Å². The summed E-state index contributed by atoms with van der Waals surface area (Å²) in [5.74, 6) is 0.164. The van der Waals surface area contributed by atoms with E-state index < -0.39 is 0 Å². The van der Waals surface area contributed by atoms with Gasteiger partial charge in [0.05, 0.1) is 11.6 Å². The summed E-state index contributed by atoms with van der Waals surface area (Å²) in [5.41, 5.74) is 7.75. The SMILES string of the molecule is CC(C(N)=NO)N1CCN(C(=O)c2cscn2)CC1. The van der Waals surface area contributed by atoms with Crippen LogP contribution in [0.2, 0.25) is 0 Å². The number of oxime groups is 1.